The van der Waals surface area contributed by atoms with Crippen LogP contribution in [0.15, 0.2) is 24.3 Å². The summed E-state index contributed by atoms with van der Waals surface area (Å²) >= 11 is 0. The van der Waals surface area contributed by atoms with E-state index in [4.69, 9.17) is 0 Å². The minimum atomic E-state index is 0.737. The van der Waals surface area contributed by atoms with Crippen LogP contribution in [0.25, 0.3) is 0 Å². The number of benzene rings is 1. The molecule has 1 aliphatic rings. The third-order valence-corrected chi connectivity index (χ3v) is 3.71. The van der Waals surface area contributed by atoms with E-state index in [0.717, 1.165) is 24.4 Å². The normalized spacial score (nSPS) is 29.9. The molecule has 0 aliphatic heterocycles. The lowest BCUT2D eigenvalue weighted by molar-refractivity contribution is 0.187. The van der Waals surface area contributed by atoms with Crippen molar-refractivity contribution in [1.29, 1.82) is 0 Å². The lowest BCUT2D eigenvalue weighted by Gasteiger charge is -2.43. The zero-order valence-corrected chi connectivity index (χ0v) is 9.96. The molecule has 1 nitrogen and oxygen atoms in total. The second kappa shape index (κ2) is 4.36. The first-order valence-corrected chi connectivity index (χ1v) is 6.02. The summed E-state index contributed by atoms with van der Waals surface area (Å²) in [5, 5.41) is 3.55. The predicted octanol–water partition coefficient (Wildman–Crippen LogP) is 3.10. The van der Waals surface area contributed by atoms with Gasteiger partial charge in [-0.15, -0.1) is 0 Å². The van der Waals surface area contributed by atoms with Gasteiger partial charge in [0.25, 0.3) is 0 Å². The highest BCUT2D eigenvalue weighted by Gasteiger charge is 2.37. The van der Waals surface area contributed by atoms with Gasteiger partial charge in [-0.2, -0.15) is 0 Å². The van der Waals surface area contributed by atoms with Gasteiger partial charge < -0.3 is 5.32 Å². The van der Waals surface area contributed by atoms with Gasteiger partial charge in [-0.25, -0.2) is 0 Å². The van der Waals surface area contributed by atoms with Crippen molar-refractivity contribution in [3.8, 4) is 0 Å². The fourth-order valence-electron chi connectivity index (χ4n) is 2.66. The van der Waals surface area contributed by atoms with E-state index in [1.807, 2.05) is 0 Å². The Kier molecular flexibility index (Phi) is 3.11. The van der Waals surface area contributed by atoms with Crippen molar-refractivity contribution in [2.45, 2.75) is 39.2 Å². The summed E-state index contributed by atoms with van der Waals surface area (Å²) in [5.41, 5.74) is 2.91. The van der Waals surface area contributed by atoms with Gasteiger partial charge in [-0.1, -0.05) is 43.7 Å². The first kappa shape index (κ1) is 10.7. The molecule has 2 rings (SSSR count). The molecule has 1 aliphatic carbocycles. The molecule has 1 aromatic carbocycles. The van der Waals surface area contributed by atoms with Crippen molar-refractivity contribution in [1.82, 2.24) is 5.32 Å². The molecule has 0 radical (unpaired) electrons. The maximum Gasteiger partial charge on any atom is 0.0104 e. The first-order chi connectivity index (χ1) is 7.22. The van der Waals surface area contributed by atoms with Crippen molar-refractivity contribution in [3.05, 3.63) is 35.4 Å². The molecule has 1 aromatic rings. The fraction of sp³-hybridized carbons (Fsp3) is 0.571. The molecule has 0 heterocycles. The average Bonchev–Trinajstić information content (AvgIpc) is 2.23. The van der Waals surface area contributed by atoms with Gasteiger partial charge in [-0.05, 0) is 37.3 Å². The van der Waals surface area contributed by atoms with Crippen molar-refractivity contribution >= 4 is 0 Å². The Labute approximate surface area is 92.9 Å². The van der Waals surface area contributed by atoms with Crippen LogP contribution in [0.5, 0.6) is 0 Å². The molecule has 3 atom stereocenters. The first-order valence-electron chi connectivity index (χ1n) is 6.02. The molecule has 0 amide bonds. The molecule has 0 bridgehead atoms. The van der Waals surface area contributed by atoms with Gasteiger partial charge in [-0.3, -0.25) is 0 Å². The van der Waals surface area contributed by atoms with E-state index in [0.29, 0.717) is 0 Å². The maximum atomic E-state index is 3.55. The van der Waals surface area contributed by atoms with Crippen LogP contribution in [0.4, 0.5) is 0 Å². The van der Waals surface area contributed by atoms with Crippen molar-refractivity contribution < 1.29 is 0 Å². The van der Waals surface area contributed by atoms with E-state index in [-0.39, 0.29) is 0 Å². The zero-order valence-electron chi connectivity index (χ0n) is 9.96. The van der Waals surface area contributed by atoms with Gasteiger partial charge in [0.15, 0.2) is 0 Å². The van der Waals surface area contributed by atoms with Gasteiger partial charge in [0, 0.05) is 6.04 Å². The van der Waals surface area contributed by atoms with E-state index >= 15 is 0 Å². The molecule has 15 heavy (non-hydrogen) atoms. The summed E-state index contributed by atoms with van der Waals surface area (Å²) in [7, 11) is 0. The Hall–Kier alpha value is -0.820. The van der Waals surface area contributed by atoms with E-state index in [1.165, 1.54) is 17.5 Å². The number of hydrogen-bond donors (Lipinski definition) is 1. The van der Waals surface area contributed by atoms with Crippen molar-refractivity contribution in [3.63, 3.8) is 0 Å². The summed E-state index contributed by atoms with van der Waals surface area (Å²) in [5.74, 6) is 1.56. The fourth-order valence-corrected chi connectivity index (χ4v) is 2.66. The Morgan fingerprint density at radius 2 is 2.20 bits per heavy atom. The van der Waals surface area contributed by atoms with Crippen LogP contribution in [0.1, 0.15) is 37.3 Å². The van der Waals surface area contributed by atoms with Crippen LogP contribution < -0.4 is 5.32 Å². The average molecular weight is 203 g/mol. The minimum absolute atomic E-state index is 0.737. The van der Waals surface area contributed by atoms with Crippen LogP contribution in [-0.4, -0.2) is 12.6 Å². The summed E-state index contributed by atoms with van der Waals surface area (Å²) in [6.45, 7) is 7.82. The SMILES string of the molecule is CCNC1CC(c2cccc(C)c2)C1C. The molecule has 1 fully saturated rings. The quantitative estimate of drug-likeness (QED) is 0.796. The largest absolute Gasteiger partial charge is 0.314 e. The summed E-state index contributed by atoms with van der Waals surface area (Å²) in [6, 6.07) is 9.70. The standard InChI is InChI=1S/C14H21N/c1-4-15-14-9-13(11(14)3)12-7-5-6-10(2)8-12/h5-8,11,13-15H,4,9H2,1-3H3. The molecule has 0 aromatic heterocycles. The monoisotopic (exact) mass is 203 g/mol. The third-order valence-electron chi connectivity index (χ3n) is 3.71. The van der Waals surface area contributed by atoms with Crippen molar-refractivity contribution in [2.75, 3.05) is 6.54 Å². The molecular weight excluding hydrogens is 182 g/mol. The van der Waals surface area contributed by atoms with Gasteiger partial charge >= 0.3 is 0 Å². The molecule has 3 unspecified atom stereocenters. The van der Waals surface area contributed by atoms with Gasteiger partial charge in [0.05, 0.1) is 0 Å². The summed E-state index contributed by atoms with van der Waals surface area (Å²) in [4.78, 5) is 0. The minimum Gasteiger partial charge on any atom is -0.314 e. The molecule has 1 N–H and O–H groups in total. The van der Waals surface area contributed by atoms with Crippen molar-refractivity contribution in [2.24, 2.45) is 5.92 Å². The van der Waals surface area contributed by atoms with Gasteiger partial charge in [0.1, 0.15) is 0 Å². The molecule has 1 heteroatoms. The van der Waals surface area contributed by atoms with Crippen LogP contribution in [0.3, 0.4) is 0 Å². The van der Waals surface area contributed by atoms with E-state index < -0.39 is 0 Å². The Bertz CT molecular complexity index is 332. The smallest absolute Gasteiger partial charge is 0.0104 e. The lowest BCUT2D eigenvalue weighted by atomic mass is 9.67. The number of hydrogen-bond acceptors (Lipinski definition) is 1. The van der Waals surface area contributed by atoms with E-state index in [2.05, 4.69) is 50.4 Å². The predicted molar refractivity (Wildman–Crippen MR) is 65.2 cm³/mol. The Morgan fingerprint density at radius 3 is 2.80 bits per heavy atom. The van der Waals surface area contributed by atoms with Crippen LogP contribution in [-0.2, 0) is 0 Å². The second-order valence-corrected chi connectivity index (χ2v) is 4.78. The highest BCUT2D eigenvalue weighted by atomic mass is 14.9. The number of rotatable bonds is 3. The maximum absolute atomic E-state index is 3.55. The van der Waals surface area contributed by atoms with Crippen LogP contribution >= 0.6 is 0 Å². The highest BCUT2D eigenvalue weighted by molar-refractivity contribution is 5.28. The third kappa shape index (κ3) is 2.07. The zero-order chi connectivity index (χ0) is 10.8. The summed E-state index contributed by atoms with van der Waals surface area (Å²) in [6.07, 6.45) is 1.30. The van der Waals surface area contributed by atoms with Gasteiger partial charge in [0.2, 0.25) is 0 Å². The second-order valence-electron chi connectivity index (χ2n) is 4.78. The number of nitrogens with one attached hydrogen (secondary N) is 1. The molecule has 82 valence electrons. The molecule has 0 saturated heterocycles. The molecule has 1 saturated carbocycles. The molecule has 0 spiro atoms. The topological polar surface area (TPSA) is 12.0 Å². The van der Waals surface area contributed by atoms with Crippen LogP contribution in [0, 0.1) is 12.8 Å². The Balaban J connectivity index is 2.03. The Morgan fingerprint density at radius 1 is 1.40 bits per heavy atom. The highest BCUT2D eigenvalue weighted by Crippen LogP contribution is 2.42. The van der Waals surface area contributed by atoms with E-state index in [9.17, 15) is 0 Å². The lowest BCUT2D eigenvalue weighted by Crippen LogP contribution is -2.47. The van der Waals surface area contributed by atoms with Crippen LogP contribution in [0.2, 0.25) is 0 Å². The number of aryl methyl sites for hydroxylation is 1. The van der Waals surface area contributed by atoms with E-state index in [1.54, 1.807) is 0 Å². The summed E-state index contributed by atoms with van der Waals surface area (Å²) < 4.78 is 0. The molecular formula is C14H21N.